The predicted octanol–water partition coefficient (Wildman–Crippen LogP) is 4.77. The molecule has 0 spiro atoms. The molecule has 0 bridgehead atoms. The Bertz CT molecular complexity index is 1060. The smallest absolute Gasteiger partial charge is 0.257 e. The first-order valence-electron chi connectivity index (χ1n) is 12.8. The molecule has 1 aromatic heterocycles. The van der Waals surface area contributed by atoms with Gasteiger partial charge in [0.05, 0.1) is 11.3 Å². The van der Waals surface area contributed by atoms with Crippen molar-refractivity contribution in [3.05, 3.63) is 53.1 Å². The van der Waals surface area contributed by atoms with Gasteiger partial charge in [0.1, 0.15) is 5.82 Å². The van der Waals surface area contributed by atoms with Crippen molar-refractivity contribution in [1.82, 2.24) is 19.8 Å². The molecule has 1 aromatic carbocycles. The monoisotopic (exact) mass is 501 g/mol. The van der Waals surface area contributed by atoms with Crippen molar-refractivity contribution in [2.75, 3.05) is 31.1 Å². The lowest BCUT2D eigenvalue weighted by Crippen LogP contribution is -2.40. The number of rotatable bonds is 4. The minimum atomic E-state index is -1.02. The molecule has 0 N–H and O–H groups in total. The van der Waals surface area contributed by atoms with Gasteiger partial charge in [-0.1, -0.05) is 20.8 Å². The minimum absolute atomic E-state index is 0.0342. The summed E-state index contributed by atoms with van der Waals surface area (Å²) in [7, 11) is 0. The van der Waals surface area contributed by atoms with E-state index in [1.807, 2.05) is 13.8 Å². The number of halogens is 2. The number of fused-ring (bicyclic) bond motifs is 1. The number of benzene rings is 1. The molecule has 0 saturated carbocycles. The van der Waals surface area contributed by atoms with E-state index in [2.05, 4.69) is 28.7 Å². The highest BCUT2D eigenvalue weighted by molar-refractivity contribution is 5.95. The van der Waals surface area contributed by atoms with Crippen molar-refractivity contribution >= 4 is 17.5 Å². The third-order valence-corrected chi connectivity index (χ3v) is 6.53. The molecule has 2 heterocycles. The van der Waals surface area contributed by atoms with Crippen molar-refractivity contribution in [3.8, 4) is 0 Å². The van der Waals surface area contributed by atoms with Crippen molar-refractivity contribution in [2.45, 2.75) is 72.4 Å². The van der Waals surface area contributed by atoms with Gasteiger partial charge in [-0.15, -0.1) is 0 Å². The second-order valence-electron chi connectivity index (χ2n) is 9.84. The quantitative estimate of drug-likeness (QED) is 0.604. The summed E-state index contributed by atoms with van der Waals surface area (Å²) in [6, 6.07) is 2.47. The fourth-order valence-electron chi connectivity index (χ4n) is 4.44. The molecule has 36 heavy (non-hydrogen) atoms. The number of hydrogen-bond donors (Lipinski definition) is 0. The van der Waals surface area contributed by atoms with E-state index in [0.29, 0.717) is 54.6 Å². The molecular formula is C27H37F2N5O2. The molecule has 196 valence electrons. The first kappa shape index (κ1) is 27.6. The van der Waals surface area contributed by atoms with Crippen LogP contribution in [0.25, 0.3) is 0 Å². The van der Waals surface area contributed by atoms with Gasteiger partial charge in [0.2, 0.25) is 5.91 Å². The Hall–Kier alpha value is -2.94. The maximum absolute atomic E-state index is 14.4. The average Bonchev–Trinajstić information content (AvgIpc) is 2.85. The van der Waals surface area contributed by atoms with Crippen LogP contribution >= 0.6 is 0 Å². The van der Waals surface area contributed by atoms with E-state index < -0.39 is 11.6 Å². The molecule has 9 heteroatoms. The first-order valence-corrected chi connectivity index (χ1v) is 12.8. The third-order valence-electron chi connectivity index (χ3n) is 6.53. The largest absolute Gasteiger partial charge is 0.334 e. The Morgan fingerprint density at radius 2 is 1.56 bits per heavy atom. The summed E-state index contributed by atoms with van der Waals surface area (Å²) in [4.78, 5) is 40.5. The molecule has 7 nitrogen and oxygen atoms in total. The zero-order chi connectivity index (χ0) is 26.4. The van der Waals surface area contributed by atoms with Crippen LogP contribution in [0.4, 0.5) is 14.5 Å². The van der Waals surface area contributed by atoms with E-state index in [1.54, 1.807) is 11.8 Å². The molecule has 0 unspecified atom stereocenters. The molecule has 2 amide bonds. The Labute approximate surface area is 212 Å². The summed E-state index contributed by atoms with van der Waals surface area (Å²) in [5.41, 5.74) is 1.03. The summed E-state index contributed by atoms with van der Waals surface area (Å²) < 4.78 is 28.8. The molecule has 0 atom stereocenters. The van der Waals surface area contributed by atoms with E-state index in [9.17, 15) is 18.4 Å². The molecular weight excluding hydrogens is 464 g/mol. The molecule has 1 aliphatic heterocycles. The van der Waals surface area contributed by atoms with Gasteiger partial charge in [0.25, 0.3) is 5.91 Å². The van der Waals surface area contributed by atoms with E-state index in [4.69, 9.17) is 0 Å². The Kier molecular flexibility index (Phi) is 9.48. The van der Waals surface area contributed by atoms with Gasteiger partial charge in [0.15, 0.2) is 11.6 Å². The van der Waals surface area contributed by atoms with Crippen molar-refractivity contribution in [2.24, 2.45) is 0 Å². The Morgan fingerprint density at radius 3 is 2.14 bits per heavy atom. The van der Waals surface area contributed by atoms with Crippen LogP contribution < -0.4 is 4.90 Å². The highest BCUT2D eigenvalue weighted by atomic mass is 19.2. The van der Waals surface area contributed by atoms with Crippen LogP contribution in [0.1, 0.15) is 81.5 Å². The standard InChI is InChI=1S/C27H37F2N5O2/c1-6-25(35)34-12-8-10-32(19(4)5)9-7-11-33(17-20-13-22(28)23(29)14-24(20)34)27(36)21-15-30-26(18(2)3)31-16-21/h13-16,18-19H,6-12,17H2,1-5H3. The van der Waals surface area contributed by atoms with E-state index in [0.717, 1.165) is 25.2 Å². The fraction of sp³-hybridized carbons (Fsp3) is 0.556. The second-order valence-corrected chi connectivity index (χ2v) is 9.84. The lowest BCUT2D eigenvalue weighted by molar-refractivity contribution is -0.118. The Morgan fingerprint density at radius 1 is 0.944 bits per heavy atom. The normalized spacial score (nSPS) is 16.0. The maximum Gasteiger partial charge on any atom is 0.257 e. The van der Waals surface area contributed by atoms with Gasteiger partial charge < -0.3 is 14.7 Å². The van der Waals surface area contributed by atoms with Gasteiger partial charge in [0, 0.05) is 69.6 Å². The fourth-order valence-corrected chi connectivity index (χ4v) is 4.44. The molecule has 1 aliphatic rings. The molecule has 3 rings (SSSR count). The van der Waals surface area contributed by atoms with Crippen molar-refractivity contribution in [3.63, 3.8) is 0 Å². The maximum atomic E-state index is 14.4. The molecule has 0 saturated heterocycles. The van der Waals surface area contributed by atoms with Crippen LogP contribution in [-0.2, 0) is 11.3 Å². The number of carbonyl (C=O) groups is 2. The molecule has 2 aromatic rings. The van der Waals surface area contributed by atoms with Gasteiger partial charge in [-0.25, -0.2) is 18.7 Å². The topological polar surface area (TPSA) is 69.6 Å². The van der Waals surface area contributed by atoms with Gasteiger partial charge in [-0.05, 0) is 38.3 Å². The minimum Gasteiger partial charge on any atom is -0.334 e. The zero-order valence-corrected chi connectivity index (χ0v) is 21.9. The number of carbonyl (C=O) groups excluding carboxylic acids is 2. The number of nitrogens with zero attached hydrogens (tertiary/aromatic N) is 5. The molecule has 0 aliphatic carbocycles. The van der Waals surface area contributed by atoms with Crippen molar-refractivity contribution in [1.29, 1.82) is 0 Å². The Balaban J connectivity index is 2.04. The van der Waals surface area contributed by atoms with Gasteiger partial charge >= 0.3 is 0 Å². The van der Waals surface area contributed by atoms with Crippen LogP contribution in [0.3, 0.4) is 0 Å². The highest BCUT2D eigenvalue weighted by Gasteiger charge is 2.25. The summed E-state index contributed by atoms with van der Waals surface area (Å²) in [5, 5.41) is 0. The average molecular weight is 502 g/mol. The van der Waals surface area contributed by atoms with E-state index in [-0.39, 0.29) is 30.7 Å². The lowest BCUT2D eigenvalue weighted by Gasteiger charge is -2.33. The van der Waals surface area contributed by atoms with Gasteiger partial charge in [-0.2, -0.15) is 0 Å². The van der Waals surface area contributed by atoms with Crippen LogP contribution in [0.2, 0.25) is 0 Å². The predicted molar refractivity (Wildman–Crippen MR) is 136 cm³/mol. The first-order chi connectivity index (χ1) is 17.1. The van der Waals surface area contributed by atoms with Crippen LogP contribution in [0.5, 0.6) is 0 Å². The summed E-state index contributed by atoms with van der Waals surface area (Å²) in [6.07, 6.45) is 4.67. The summed E-state index contributed by atoms with van der Waals surface area (Å²) in [5.74, 6) is -1.72. The number of hydrogen-bond acceptors (Lipinski definition) is 5. The summed E-state index contributed by atoms with van der Waals surface area (Å²) in [6.45, 7) is 12.3. The van der Waals surface area contributed by atoms with Crippen molar-refractivity contribution < 1.29 is 18.4 Å². The zero-order valence-electron chi connectivity index (χ0n) is 21.9. The SMILES string of the molecule is CCC(=O)N1CCCN(C(C)C)CCCN(C(=O)c2cnc(C(C)C)nc2)Cc2cc(F)c(F)cc21. The lowest BCUT2D eigenvalue weighted by atomic mass is 10.1. The molecule has 0 radical (unpaired) electrons. The molecule has 0 fully saturated rings. The van der Waals surface area contributed by atoms with Crippen LogP contribution in [-0.4, -0.2) is 63.8 Å². The van der Waals surface area contributed by atoms with E-state index in [1.165, 1.54) is 17.3 Å². The number of aromatic nitrogens is 2. The van der Waals surface area contributed by atoms with Crippen LogP contribution in [0.15, 0.2) is 24.5 Å². The number of anilines is 1. The van der Waals surface area contributed by atoms with Gasteiger partial charge in [-0.3, -0.25) is 9.59 Å². The van der Waals surface area contributed by atoms with Crippen LogP contribution in [0, 0.1) is 11.6 Å². The second kappa shape index (κ2) is 12.3. The summed E-state index contributed by atoms with van der Waals surface area (Å²) >= 11 is 0. The third kappa shape index (κ3) is 6.63. The highest BCUT2D eigenvalue weighted by Crippen LogP contribution is 2.28. The van der Waals surface area contributed by atoms with E-state index >= 15 is 0 Å². The number of amides is 2.